The van der Waals surface area contributed by atoms with Gasteiger partial charge in [-0.2, -0.15) is 0 Å². The van der Waals surface area contributed by atoms with E-state index in [-0.39, 0.29) is 5.54 Å². The molecule has 2 N–H and O–H groups in total. The molecule has 0 aliphatic carbocycles. The van der Waals surface area contributed by atoms with E-state index >= 15 is 0 Å². The molecule has 0 saturated carbocycles. The van der Waals surface area contributed by atoms with Gasteiger partial charge in [0.05, 0.1) is 0 Å². The topological polar surface area (TPSA) is 26.0 Å². The molecule has 0 fully saturated rings. The molecule has 3 heteroatoms. The Hall–Kier alpha value is -0.180. The van der Waals surface area contributed by atoms with Gasteiger partial charge in [0.1, 0.15) is 0 Å². The van der Waals surface area contributed by atoms with Crippen molar-refractivity contribution < 1.29 is 0 Å². The molecule has 0 heterocycles. The second-order valence-corrected chi connectivity index (χ2v) is 5.34. The predicted molar refractivity (Wildman–Crippen MR) is 65.2 cm³/mol. The minimum Gasteiger partial charge on any atom is -0.325 e. The number of nitrogens with two attached hydrogens (primary N) is 1. The van der Waals surface area contributed by atoms with Crippen LogP contribution in [0.5, 0.6) is 0 Å². The van der Waals surface area contributed by atoms with Crippen LogP contribution in [-0.2, 0) is 6.42 Å². The molecule has 1 aromatic carbocycles. The van der Waals surface area contributed by atoms with Crippen molar-refractivity contribution in [3.63, 3.8) is 0 Å². The smallest absolute Gasteiger partial charge is 0.0449 e. The first-order valence-electron chi connectivity index (χ1n) is 4.54. The average Bonchev–Trinajstić information content (AvgIpc) is 2.06. The van der Waals surface area contributed by atoms with Gasteiger partial charge in [-0.15, -0.1) is 11.8 Å². The molecule has 0 aliphatic rings. The zero-order chi connectivity index (χ0) is 10.8. The standard InChI is InChI=1S/C11H16ClNS/c1-11(2,13)7-8-9(12)5-4-6-10(8)14-3/h4-6H,7,13H2,1-3H3. The zero-order valence-electron chi connectivity index (χ0n) is 8.80. The molecule has 1 nitrogen and oxygen atoms in total. The second-order valence-electron chi connectivity index (χ2n) is 4.09. The van der Waals surface area contributed by atoms with Gasteiger partial charge in [0.15, 0.2) is 0 Å². The minimum absolute atomic E-state index is 0.213. The first-order chi connectivity index (χ1) is 6.44. The lowest BCUT2D eigenvalue weighted by atomic mass is 9.96. The van der Waals surface area contributed by atoms with Crippen molar-refractivity contribution in [3.8, 4) is 0 Å². The molecule has 0 aliphatic heterocycles. The Labute approximate surface area is 95.0 Å². The Morgan fingerprint density at radius 2 is 2.07 bits per heavy atom. The normalized spacial score (nSPS) is 11.8. The molecule has 14 heavy (non-hydrogen) atoms. The molecule has 0 aromatic heterocycles. The van der Waals surface area contributed by atoms with Gasteiger partial charge in [-0.25, -0.2) is 0 Å². The first kappa shape index (κ1) is 11.9. The van der Waals surface area contributed by atoms with Gasteiger partial charge in [0.2, 0.25) is 0 Å². The van der Waals surface area contributed by atoms with Crippen LogP contribution in [-0.4, -0.2) is 11.8 Å². The van der Waals surface area contributed by atoms with Crippen molar-refractivity contribution in [1.29, 1.82) is 0 Å². The number of thioether (sulfide) groups is 1. The van der Waals surface area contributed by atoms with Crippen LogP contribution in [0.25, 0.3) is 0 Å². The van der Waals surface area contributed by atoms with Crippen LogP contribution < -0.4 is 5.73 Å². The van der Waals surface area contributed by atoms with Crippen molar-refractivity contribution >= 4 is 23.4 Å². The summed E-state index contributed by atoms with van der Waals surface area (Å²) < 4.78 is 0. The Balaban J connectivity index is 3.05. The van der Waals surface area contributed by atoms with E-state index in [1.54, 1.807) is 11.8 Å². The van der Waals surface area contributed by atoms with Crippen LogP contribution in [0.1, 0.15) is 19.4 Å². The highest BCUT2D eigenvalue weighted by molar-refractivity contribution is 7.98. The van der Waals surface area contributed by atoms with Gasteiger partial charge < -0.3 is 5.73 Å². The van der Waals surface area contributed by atoms with E-state index in [2.05, 4.69) is 12.3 Å². The highest BCUT2D eigenvalue weighted by Crippen LogP contribution is 2.29. The number of hydrogen-bond acceptors (Lipinski definition) is 2. The summed E-state index contributed by atoms with van der Waals surface area (Å²) in [7, 11) is 0. The van der Waals surface area contributed by atoms with E-state index < -0.39 is 0 Å². The van der Waals surface area contributed by atoms with Crippen LogP contribution in [0, 0.1) is 0 Å². The van der Waals surface area contributed by atoms with E-state index in [4.69, 9.17) is 17.3 Å². The Kier molecular flexibility index (Phi) is 3.87. The van der Waals surface area contributed by atoms with Gasteiger partial charge in [-0.1, -0.05) is 17.7 Å². The summed E-state index contributed by atoms with van der Waals surface area (Å²) >= 11 is 7.86. The molecule has 0 amide bonds. The third kappa shape index (κ3) is 3.19. The number of benzene rings is 1. The van der Waals surface area contributed by atoms with Gasteiger partial charge in [0.25, 0.3) is 0 Å². The van der Waals surface area contributed by atoms with Crippen molar-refractivity contribution in [2.45, 2.75) is 30.7 Å². The van der Waals surface area contributed by atoms with Crippen molar-refractivity contribution in [3.05, 3.63) is 28.8 Å². The average molecular weight is 230 g/mol. The summed E-state index contributed by atoms with van der Waals surface area (Å²) in [6.07, 6.45) is 2.86. The Morgan fingerprint density at radius 3 is 2.57 bits per heavy atom. The maximum atomic E-state index is 6.15. The summed E-state index contributed by atoms with van der Waals surface area (Å²) in [4.78, 5) is 1.22. The van der Waals surface area contributed by atoms with Crippen LogP contribution in [0.2, 0.25) is 5.02 Å². The highest BCUT2D eigenvalue weighted by atomic mass is 35.5. The fraction of sp³-hybridized carbons (Fsp3) is 0.455. The van der Waals surface area contributed by atoms with Crippen LogP contribution >= 0.6 is 23.4 Å². The molecular weight excluding hydrogens is 214 g/mol. The number of rotatable bonds is 3. The Morgan fingerprint density at radius 1 is 1.43 bits per heavy atom. The third-order valence-electron chi connectivity index (χ3n) is 1.93. The molecule has 0 saturated heterocycles. The molecule has 0 atom stereocenters. The first-order valence-corrected chi connectivity index (χ1v) is 6.14. The fourth-order valence-corrected chi connectivity index (χ4v) is 2.30. The van der Waals surface area contributed by atoms with Crippen molar-refractivity contribution in [2.75, 3.05) is 6.26 Å². The molecule has 1 aromatic rings. The largest absolute Gasteiger partial charge is 0.325 e. The van der Waals surface area contributed by atoms with E-state index in [0.717, 1.165) is 17.0 Å². The third-order valence-corrected chi connectivity index (χ3v) is 3.10. The number of halogens is 1. The van der Waals surface area contributed by atoms with Crippen LogP contribution in [0.15, 0.2) is 23.1 Å². The number of hydrogen-bond donors (Lipinski definition) is 1. The maximum Gasteiger partial charge on any atom is 0.0449 e. The summed E-state index contributed by atoms with van der Waals surface area (Å²) in [5, 5.41) is 0.815. The molecule has 0 bridgehead atoms. The van der Waals surface area contributed by atoms with E-state index in [0.29, 0.717) is 0 Å². The SMILES string of the molecule is CSc1cccc(Cl)c1CC(C)(C)N. The monoisotopic (exact) mass is 229 g/mol. The quantitative estimate of drug-likeness (QED) is 0.805. The van der Waals surface area contributed by atoms with Gasteiger partial charge in [-0.3, -0.25) is 0 Å². The predicted octanol–water partition coefficient (Wildman–Crippen LogP) is 3.34. The highest BCUT2D eigenvalue weighted by Gasteiger charge is 2.16. The van der Waals surface area contributed by atoms with Crippen LogP contribution in [0.4, 0.5) is 0 Å². The molecule has 0 spiro atoms. The molecular formula is C11H16ClNS. The zero-order valence-corrected chi connectivity index (χ0v) is 10.4. The summed E-state index contributed by atoms with van der Waals surface area (Å²) in [6, 6.07) is 5.97. The van der Waals surface area contributed by atoms with Gasteiger partial charge in [-0.05, 0) is 44.2 Å². The Bertz CT molecular complexity index is 318. The molecule has 1 rings (SSSR count). The maximum absolute atomic E-state index is 6.15. The summed E-state index contributed by atoms with van der Waals surface area (Å²) in [6.45, 7) is 4.03. The van der Waals surface area contributed by atoms with Crippen molar-refractivity contribution in [1.82, 2.24) is 0 Å². The lowest BCUT2D eigenvalue weighted by Crippen LogP contribution is -2.34. The van der Waals surface area contributed by atoms with Gasteiger partial charge in [0, 0.05) is 15.5 Å². The second kappa shape index (κ2) is 4.56. The lowest BCUT2D eigenvalue weighted by Gasteiger charge is -2.20. The van der Waals surface area contributed by atoms with E-state index in [1.165, 1.54) is 4.90 Å². The molecule has 78 valence electrons. The van der Waals surface area contributed by atoms with E-state index in [1.807, 2.05) is 26.0 Å². The van der Waals surface area contributed by atoms with Crippen molar-refractivity contribution in [2.24, 2.45) is 5.73 Å². The molecule has 0 radical (unpaired) electrons. The van der Waals surface area contributed by atoms with E-state index in [9.17, 15) is 0 Å². The lowest BCUT2D eigenvalue weighted by molar-refractivity contribution is 0.513. The summed E-state index contributed by atoms with van der Waals surface area (Å²) in [5.41, 5.74) is 6.94. The van der Waals surface area contributed by atoms with Crippen LogP contribution in [0.3, 0.4) is 0 Å². The fourth-order valence-electron chi connectivity index (χ4n) is 1.36. The summed E-state index contributed by atoms with van der Waals surface area (Å²) in [5.74, 6) is 0. The van der Waals surface area contributed by atoms with Gasteiger partial charge >= 0.3 is 0 Å². The minimum atomic E-state index is -0.213. The molecule has 0 unspecified atom stereocenters.